The minimum Gasteiger partial charge on any atom is -0.392 e. The molecule has 0 bridgehead atoms. The van der Waals surface area contributed by atoms with Crippen molar-refractivity contribution in [2.75, 3.05) is 0 Å². The molecule has 4 N–H and O–H groups in total. The molecule has 0 atom stereocenters. The lowest BCUT2D eigenvalue weighted by Crippen LogP contribution is -2.56. The Labute approximate surface area is 114 Å². The number of nitrogens with one attached hydrogen (secondary N) is 1. The predicted octanol–water partition coefficient (Wildman–Crippen LogP) is 1.46. The minimum absolute atomic E-state index is 0.0545. The number of carbonyl (C=O) groups is 1. The highest BCUT2D eigenvalue weighted by atomic mass is 16.3. The molecule has 1 fully saturated rings. The summed E-state index contributed by atoms with van der Waals surface area (Å²) in [6.07, 6.45) is 4.95. The summed E-state index contributed by atoms with van der Waals surface area (Å²) in [4.78, 5) is 11.7. The molecule has 104 valence electrons. The topological polar surface area (TPSA) is 75.4 Å². The summed E-state index contributed by atoms with van der Waals surface area (Å²) in [7, 11) is 0. The first-order valence-corrected chi connectivity index (χ1v) is 6.90. The molecule has 1 aromatic carbocycles. The zero-order chi connectivity index (χ0) is 13.7. The molecule has 1 saturated carbocycles. The molecule has 0 aliphatic heterocycles. The number of nitrogens with two attached hydrogens (primary N) is 1. The van der Waals surface area contributed by atoms with Crippen LogP contribution in [0.2, 0.25) is 0 Å². The average molecular weight is 262 g/mol. The van der Waals surface area contributed by atoms with E-state index in [1.807, 2.05) is 24.3 Å². The van der Waals surface area contributed by atoms with Gasteiger partial charge in [-0.3, -0.25) is 10.1 Å². The Bertz CT molecular complexity index is 422. The number of hydrogen-bond acceptors (Lipinski definition) is 3. The second kappa shape index (κ2) is 6.17. The van der Waals surface area contributed by atoms with Gasteiger partial charge >= 0.3 is 0 Å². The number of aliphatic hydroxyl groups excluding tert-OH is 1. The van der Waals surface area contributed by atoms with E-state index in [0.717, 1.165) is 36.8 Å². The van der Waals surface area contributed by atoms with Crippen LogP contribution >= 0.6 is 0 Å². The molecule has 0 heterocycles. The van der Waals surface area contributed by atoms with Gasteiger partial charge in [0.25, 0.3) is 0 Å². The molecule has 0 unspecified atom stereocenters. The van der Waals surface area contributed by atoms with Gasteiger partial charge in [0.05, 0.1) is 12.1 Å². The average Bonchev–Trinajstić information content (AvgIpc) is 2.46. The van der Waals surface area contributed by atoms with E-state index in [2.05, 4.69) is 5.32 Å². The maximum absolute atomic E-state index is 11.7. The Morgan fingerprint density at radius 1 is 1.16 bits per heavy atom. The first-order chi connectivity index (χ1) is 9.16. The fraction of sp³-hybridized carbons (Fsp3) is 0.533. The first kappa shape index (κ1) is 14.0. The van der Waals surface area contributed by atoms with Gasteiger partial charge in [-0.05, 0) is 24.0 Å². The van der Waals surface area contributed by atoms with Crippen LogP contribution in [0.5, 0.6) is 0 Å². The highest BCUT2D eigenvalue weighted by Crippen LogP contribution is 2.28. The lowest BCUT2D eigenvalue weighted by molar-refractivity contribution is -0.125. The number of rotatable bonds is 5. The Morgan fingerprint density at radius 2 is 1.74 bits per heavy atom. The lowest BCUT2D eigenvalue weighted by Gasteiger charge is -2.35. The number of aliphatic hydroxyl groups is 1. The van der Waals surface area contributed by atoms with Gasteiger partial charge in [0.15, 0.2) is 0 Å². The molecule has 2 rings (SSSR count). The number of carbonyl (C=O) groups excluding carboxylic acids is 1. The molecule has 4 nitrogen and oxygen atoms in total. The molecule has 1 aliphatic rings. The summed E-state index contributed by atoms with van der Waals surface area (Å²) in [6, 6.07) is 7.73. The maximum Gasteiger partial charge on any atom is 0.237 e. The molecule has 19 heavy (non-hydrogen) atoms. The van der Waals surface area contributed by atoms with Crippen LogP contribution in [0.4, 0.5) is 0 Å². The monoisotopic (exact) mass is 262 g/mol. The molecular weight excluding hydrogens is 240 g/mol. The third kappa shape index (κ3) is 3.33. The molecule has 0 radical (unpaired) electrons. The molecular formula is C15H22N2O2. The normalized spacial score (nSPS) is 18.2. The number of benzene rings is 1. The van der Waals surface area contributed by atoms with E-state index in [-0.39, 0.29) is 12.5 Å². The highest BCUT2D eigenvalue weighted by Gasteiger charge is 2.37. The molecule has 0 spiro atoms. The van der Waals surface area contributed by atoms with Gasteiger partial charge < -0.3 is 10.8 Å². The number of amides is 1. The standard InChI is InChI=1S/C15H22N2O2/c16-14(19)15(8-2-1-3-9-15)17-10-12-4-6-13(11-18)7-5-12/h4-7,17-18H,1-3,8-11H2,(H2,16,19). The largest absolute Gasteiger partial charge is 0.392 e. The van der Waals surface area contributed by atoms with Crippen molar-refractivity contribution >= 4 is 5.91 Å². The second-order valence-electron chi connectivity index (χ2n) is 5.34. The van der Waals surface area contributed by atoms with E-state index in [0.29, 0.717) is 6.54 Å². The second-order valence-corrected chi connectivity index (χ2v) is 5.34. The summed E-state index contributed by atoms with van der Waals surface area (Å²) in [5.74, 6) is -0.237. The van der Waals surface area contributed by atoms with Gasteiger partial charge in [-0.1, -0.05) is 43.5 Å². The molecule has 0 saturated heterocycles. The van der Waals surface area contributed by atoms with Crippen LogP contribution in [0.15, 0.2) is 24.3 Å². The molecule has 1 aliphatic carbocycles. The third-order valence-electron chi connectivity index (χ3n) is 4.02. The van der Waals surface area contributed by atoms with Gasteiger partial charge in [-0.15, -0.1) is 0 Å². The molecule has 0 aromatic heterocycles. The summed E-state index contributed by atoms with van der Waals surface area (Å²) in [5, 5.41) is 12.4. The minimum atomic E-state index is -0.534. The van der Waals surface area contributed by atoms with E-state index in [1.165, 1.54) is 6.42 Å². The smallest absolute Gasteiger partial charge is 0.237 e. The van der Waals surface area contributed by atoms with Crippen LogP contribution < -0.4 is 11.1 Å². The first-order valence-electron chi connectivity index (χ1n) is 6.90. The van der Waals surface area contributed by atoms with Crippen molar-refractivity contribution < 1.29 is 9.90 Å². The van der Waals surface area contributed by atoms with Crippen molar-refractivity contribution in [1.82, 2.24) is 5.32 Å². The fourth-order valence-electron chi connectivity index (χ4n) is 2.70. The lowest BCUT2D eigenvalue weighted by atomic mass is 9.81. The van der Waals surface area contributed by atoms with E-state index < -0.39 is 5.54 Å². The number of primary amides is 1. The zero-order valence-corrected chi connectivity index (χ0v) is 11.2. The fourth-order valence-corrected chi connectivity index (χ4v) is 2.70. The van der Waals surface area contributed by atoms with Gasteiger partial charge in [-0.2, -0.15) is 0 Å². The van der Waals surface area contributed by atoms with Crippen molar-refractivity contribution in [2.45, 2.75) is 50.8 Å². The van der Waals surface area contributed by atoms with Crippen LogP contribution in [0, 0.1) is 0 Å². The van der Waals surface area contributed by atoms with E-state index >= 15 is 0 Å². The van der Waals surface area contributed by atoms with Crippen molar-refractivity contribution in [3.63, 3.8) is 0 Å². The van der Waals surface area contributed by atoms with Crippen LogP contribution in [-0.2, 0) is 17.9 Å². The zero-order valence-electron chi connectivity index (χ0n) is 11.2. The SMILES string of the molecule is NC(=O)C1(NCc2ccc(CO)cc2)CCCCC1. The Morgan fingerprint density at radius 3 is 2.26 bits per heavy atom. The van der Waals surface area contributed by atoms with Crippen LogP contribution in [0.25, 0.3) is 0 Å². The van der Waals surface area contributed by atoms with E-state index in [1.54, 1.807) is 0 Å². The molecule has 4 heteroatoms. The quantitative estimate of drug-likeness (QED) is 0.752. The Balaban J connectivity index is 2.00. The van der Waals surface area contributed by atoms with Gasteiger partial charge in [0, 0.05) is 6.54 Å². The number of hydrogen-bond donors (Lipinski definition) is 3. The Hall–Kier alpha value is -1.39. The summed E-state index contributed by atoms with van der Waals surface area (Å²) < 4.78 is 0. The van der Waals surface area contributed by atoms with Crippen molar-refractivity contribution in [3.8, 4) is 0 Å². The van der Waals surface area contributed by atoms with Crippen molar-refractivity contribution in [2.24, 2.45) is 5.73 Å². The summed E-state index contributed by atoms with van der Waals surface area (Å²) in [5.41, 5.74) is 7.04. The summed E-state index contributed by atoms with van der Waals surface area (Å²) in [6.45, 7) is 0.688. The van der Waals surface area contributed by atoms with E-state index in [9.17, 15) is 4.79 Å². The molecule has 1 amide bonds. The Kier molecular flexibility index (Phi) is 4.56. The van der Waals surface area contributed by atoms with E-state index in [4.69, 9.17) is 10.8 Å². The summed E-state index contributed by atoms with van der Waals surface area (Å²) >= 11 is 0. The van der Waals surface area contributed by atoms with Gasteiger partial charge in [0.2, 0.25) is 5.91 Å². The van der Waals surface area contributed by atoms with Crippen LogP contribution in [0.3, 0.4) is 0 Å². The maximum atomic E-state index is 11.7. The van der Waals surface area contributed by atoms with Crippen molar-refractivity contribution in [1.29, 1.82) is 0 Å². The highest BCUT2D eigenvalue weighted by molar-refractivity contribution is 5.84. The predicted molar refractivity (Wildman–Crippen MR) is 74.2 cm³/mol. The molecule has 1 aromatic rings. The van der Waals surface area contributed by atoms with Crippen molar-refractivity contribution in [3.05, 3.63) is 35.4 Å². The van der Waals surface area contributed by atoms with Crippen LogP contribution in [-0.4, -0.2) is 16.6 Å². The van der Waals surface area contributed by atoms with Gasteiger partial charge in [0.1, 0.15) is 0 Å². The third-order valence-corrected chi connectivity index (χ3v) is 4.02. The van der Waals surface area contributed by atoms with Crippen LogP contribution in [0.1, 0.15) is 43.2 Å². The van der Waals surface area contributed by atoms with Gasteiger partial charge in [-0.25, -0.2) is 0 Å².